The average Bonchev–Trinajstić information content (AvgIpc) is 3.18. The van der Waals surface area contributed by atoms with Crippen LogP contribution >= 0.6 is 0 Å². The molecule has 4 aromatic rings. The minimum absolute atomic E-state index is 0. The molecule has 1 aliphatic carbocycles. The lowest BCUT2D eigenvalue weighted by Gasteiger charge is -2.44. The molecule has 1 aliphatic rings. The summed E-state index contributed by atoms with van der Waals surface area (Å²) >= 11 is 0. The monoisotopic (exact) mass is 469 g/mol. The Morgan fingerprint density at radius 2 is 1.37 bits per heavy atom. The molecular weight excluding hydrogens is 427 g/mol. The van der Waals surface area contributed by atoms with Crippen LogP contribution in [0.1, 0.15) is 108 Å². The second-order valence-corrected chi connectivity index (χ2v) is 13.9. The Bertz CT molecular complexity index is 1600. The fourth-order valence-electron chi connectivity index (χ4n) is 5.50. The summed E-state index contributed by atoms with van der Waals surface area (Å²) in [6, 6.07) is 2.98. The van der Waals surface area contributed by atoms with E-state index in [-0.39, 0.29) is 35.5 Å². The van der Waals surface area contributed by atoms with Gasteiger partial charge in [-0.3, -0.25) is 9.38 Å². The van der Waals surface area contributed by atoms with Crippen molar-refractivity contribution in [1.29, 1.82) is 0 Å². The van der Waals surface area contributed by atoms with Crippen molar-refractivity contribution in [3.8, 4) is 0 Å². The maximum absolute atomic E-state index is 9.56. The van der Waals surface area contributed by atoms with E-state index in [9.17, 15) is 2.74 Å². The second-order valence-electron chi connectivity index (χ2n) is 13.9. The highest BCUT2D eigenvalue weighted by atomic mass is 15.1. The van der Waals surface area contributed by atoms with Crippen LogP contribution in [0.4, 0.5) is 0 Å². The molecule has 0 spiro atoms. The van der Waals surface area contributed by atoms with Crippen molar-refractivity contribution in [2.45, 2.75) is 105 Å². The van der Waals surface area contributed by atoms with E-state index in [0.29, 0.717) is 23.1 Å². The summed E-state index contributed by atoms with van der Waals surface area (Å²) in [7, 11) is 0. The van der Waals surface area contributed by atoms with Gasteiger partial charge in [0, 0.05) is 31.1 Å². The Kier molecular flexibility index (Phi) is 4.65. The molecule has 3 radical (unpaired) electrons. The van der Waals surface area contributed by atoms with Gasteiger partial charge in [-0.15, -0.1) is 0 Å². The first-order valence-electron chi connectivity index (χ1n) is 13.4. The first kappa shape index (κ1) is 23.0. The molecule has 5 rings (SSSR count). The Labute approximate surface area is 215 Å². The van der Waals surface area contributed by atoms with Gasteiger partial charge in [0.15, 0.2) is 0 Å². The predicted octanol–water partition coefficient (Wildman–Crippen LogP) is 7.24. The van der Waals surface area contributed by atoms with Gasteiger partial charge in [0.25, 0.3) is 0 Å². The van der Waals surface area contributed by atoms with Gasteiger partial charge in [-0.05, 0) is 45.5 Å². The minimum Gasteiger partial charge on any atom is -0.279 e. The molecule has 35 heavy (non-hydrogen) atoms. The van der Waals surface area contributed by atoms with Gasteiger partial charge in [-0.25, -0.2) is 9.97 Å². The number of hydrogen-bond donors (Lipinski definition) is 0. The Balaban J connectivity index is 0.00000320. The predicted molar refractivity (Wildman–Crippen MR) is 149 cm³/mol. The van der Waals surface area contributed by atoms with E-state index in [1.165, 1.54) is 0 Å². The summed E-state index contributed by atoms with van der Waals surface area (Å²) in [5.41, 5.74) is 4.67. The van der Waals surface area contributed by atoms with Crippen molar-refractivity contribution in [3.05, 3.63) is 47.0 Å². The van der Waals surface area contributed by atoms with Gasteiger partial charge in [0.05, 0.1) is 24.7 Å². The average molecular weight is 470 g/mol. The zero-order chi connectivity index (χ0) is 27.0. The number of nitrogens with zero attached hydrogens (tertiary/aromatic N) is 4. The summed E-state index contributed by atoms with van der Waals surface area (Å²) in [5.74, 6) is 0.848. The Morgan fingerprint density at radius 1 is 0.800 bits per heavy atom. The molecule has 0 atom stereocenters. The highest BCUT2D eigenvalue weighted by Crippen LogP contribution is 2.62. The molecule has 0 fully saturated rings. The molecule has 3 aromatic heterocycles. The summed E-state index contributed by atoms with van der Waals surface area (Å²) in [4.78, 5) is 15.0. The molecule has 0 aliphatic heterocycles. The maximum Gasteiger partial charge on any atom is 0.150 e. The number of aromatic nitrogens is 4. The SMILES string of the molecule is [2H]c1c2c(c([2H])c3c1nc1c4cnc(C(C)(C)C)cc4nc(C(C)(C)C)n13)C(C)(C)C(C)(C)C2(C)C.[B]. The zero-order valence-electron chi connectivity index (χ0n) is 25.5. The fraction of sp³-hybridized carbons (Fsp3) is 0.567. The van der Waals surface area contributed by atoms with Crippen molar-refractivity contribution in [1.82, 2.24) is 19.4 Å². The van der Waals surface area contributed by atoms with Crippen molar-refractivity contribution in [2.75, 3.05) is 0 Å². The molecule has 0 N–H and O–H groups in total. The van der Waals surface area contributed by atoms with Gasteiger partial charge in [0.1, 0.15) is 11.5 Å². The quantitative estimate of drug-likeness (QED) is 0.255. The van der Waals surface area contributed by atoms with Crippen molar-refractivity contribution in [2.24, 2.45) is 5.41 Å². The normalized spacial score (nSPS) is 19.5. The minimum atomic E-state index is -0.299. The Morgan fingerprint density at radius 3 is 1.91 bits per heavy atom. The maximum atomic E-state index is 9.56. The molecule has 0 unspecified atom stereocenters. The lowest BCUT2D eigenvalue weighted by atomic mass is 9.59. The number of pyridine rings is 1. The Hall–Kier alpha value is -2.43. The molecule has 0 saturated carbocycles. The van der Waals surface area contributed by atoms with Crippen LogP contribution in [0.5, 0.6) is 0 Å². The summed E-state index contributed by atoms with van der Waals surface area (Å²) in [5, 5.41) is 0.852. The summed E-state index contributed by atoms with van der Waals surface area (Å²) in [6.07, 6.45) is 1.87. The van der Waals surface area contributed by atoms with E-state index < -0.39 is 0 Å². The van der Waals surface area contributed by atoms with E-state index in [0.717, 1.165) is 39.2 Å². The fourth-order valence-corrected chi connectivity index (χ4v) is 5.50. The van der Waals surface area contributed by atoms with Crippen LogP contribution in [-0.4, -0.2) is 27.8 Å². The van der Waals surface area contributed by atoms with E-state index in [1.807, 2.05) is 10.6 Å². The molecule has 183 valence electrons. The zero-order valence-corrected chi connectivity index (χ0v) is 23.5. The molecule has 0 amide bonds. The summed E-state index contributed by atoms with van der Waals surface area (Å²) in [6.45, 7) is 26.3. The van der Waals surface area contributed by atoms with Gasteiger partial charge in [-0.2, -0.15) is 0 Å². The van der Waals surface area contributed by atoms with E-state index in [4.69, 9.17) is 15.0 Å². The standard InChI is InChI=1S/C30H40N4.B/c1-26(2,3)23-15-20-17(16-31-23)24-32-21-13-18-19(29(9,10)30(11,12)28(18,7)8)14-22(21)34(24)25(33-20)27(4,5)6;/h13-16H,1-12H3;/i13D,14D;. The first-order chi connectivity index (χ1) is 16.2. The molecule has 0 saturated heterocycles. The van der Waals surface area contributed by atoms with Crippen LogP contribution < -0.4 is 0 Å². The third-order valence-electron chi connectivity index (χ3n) is 8.99. The molecular formula is C30H40BN4. The number of imidazole rings is 1. The molecule has 4 nitrogen and oxygen atoms in total. The molecule has 1 aromatic carbocycles. The van der Waals surface area contributed by atoms with Crippen LogP contribution in [0.2, 0.25) is 0 Å². The topological polar surface area (TPSA) is 43.1 Å². The largest absolute Gasteiger partial charge is 0.279 e. The van der Waals surface area contributed by atoms with Crippen molar-refractivity contribution < 1.29 is 2.74 Å². The highest BCUT2D eigenvalue weighted by molar-refractivity contribution is 5.97. The number of hydrogen-bond acceptors (Lipinski definition) is 3. The number of rotatable bonds is 0. The summed E-state index contributed by atoms with van der Waals surface area (Å²) < 4.78 is 21.0. The van der Waals surface area contributed by atoms with Gasteiger partial charge in [0.2, 0.25) is 0 Å². The van der Waals surface area contributed by atoms with Crippen molar-refractivity contribution in [3.63, 3.8) is 0 Å². The third-order valence-corrected chi connectivity index (χ3v) is 8.99. The van der Waals surface area contributed by atoms with E-state index in [2.05, 4.69) is 89.2 Å². The third kappa shape index (κ3) is 3.22. The lowest BCUT2D eigenvalue weighted by molar-refractivity contribution is 0.125. The second kappa shape index (κ2) is 7.08. The highest BCUT2D eigenvalue weighted by Gasteiger charge is 2.57. The van der Waals surface area contributed by atoms with Gasteiger partial charge < -0.3 is 0 Å². The van der Waals surface area contributed by atoms with Crippen LogP contribution in [-0.2, 0) is 21.7 Å². The number of benzene rings is 1. The van der Waals surface area contributed by atoms with Gasteiger partial charge >= 0.3 is 0 Å². The van der Waals surface area contributed by atoms with Crippen molar-refractivity contribution >= 4 is 36.0 Å². The van der Waals surface area contributed by atoms with E-state index >= 15 is 0 Å². The van der Waals surface area contributed by atoms with Crippen LogP contribution in [0.15, 0.2) is 24.3 Å². The van der Waals surface area contributed by atoms with Crippen LogP contribution in [0.25, 0.3) is 27.6 Å². The van der Waals surface area contributed by atoms with Crippen LogP contribution in [0.3, 0.4) is 0 Å². The smallest absolute Gasteiger partial charge is 0.150 e. The van der Waals surface area contributed by atoms with Gasteiger partial charge in [-0.1, -0.05) is 83.1 Å². The number of fused-ring (bicyclic) bond motifs is 6. The van der Waals surface area contributed by atoms with E-state index in [1.54, 1.807) is 0 Å². The molecule has 3 heterocycles. The first-order valence-corrected chi connectivity index (χ1v) is 12.4. The molecule has 0 bridgehead atoms. The molecule has 5 heteroatoms. The lowest BCUT2D eigenvalue weighted by Crippen LogP contribution is -2.42. The van der Waals surface area contributed by atoms with Crippen LogP contribution in [0, 0.1) is 5.41 Å².